The first kappa shape index (κ1) is 13.8. The molecule has 2 aromatic heterocycles. The minimum Gasteiger partial charge on any atom is -0.360 e. The van der Waals surface area contributed by atoms with Crippen molar-refractivity contribution in [3.05, 3.63) is 33.8 Å². The molecule has 0 atom stereocenters. The van der Waals surface area contributed by atoms with Gasteiger partial charge in [0, 0.05) is 12.0 Å². The minimum absolute atomic E-state index is 0.0218. The van der Waals surface area contributed by atoms with E-state index < -0.39 is 10.0 Å². The van der Waals surface area contributed by atoms with Crippen LogP contribution in [0.3, 0.4) is 0 Å². The van der Waals surface area contributed by atoms with Gasteiger partial charge in [0.25, 0.3) is 0 Å². The normalized spacial score (nSPS) is 17.3. The van der Waals surface area contributed by atoms with Crippen LogP contribution in [-0.2, 0) is 15.4 Å². The van der Waals surface area contributed by atoms with E-state index >= 15 is 0 Å². The predicted octanol–water partition coefficient (Wildman–Crippen LogP) is 2.36. The Morgan fingerprint density at radius 3 is 2.70 bits per heavy atom. The number of thiophene rings is 1. The second-order valence-electron chi connectivity index (χ2n) is 5.27. The number of nitrogens with one attached hydrogen (secondary N) is 1. The van der Waals surface area contributed by atoms with Gasteiger partial charge in [0.1, 0.15) is 10.6 Å². The van der Waals surface area contributed by atoms with Gasteiger partial charge in [-0.2, -0.15) is 11.3 Å². The van der Waals surface area contributed by atoms with Crippen molar-refractivity contribution >= 4 is 21.4 Å². The van der Waals surface area contributed by atoms with Gasteiger partial charge >= 0.3 is 0 Å². The number of aryl methyl sites for hydroxylation is 2. The molecular formula is C13H16N2O3S2. The summed E-state index contributed by atoms with van der Waals surface area (Å²) in [4.78, 5) is 0.165. The number of hydrogen-bond donors (Lipinski definition) is 1. The predicted molar refractivity (Wildman–Crippen MR) is 76.4 cm³/mol. The maximum absolute atomic E-state index is 12.4. The zero-order chi connectivity index (χ0) is 14.4. The molecule has 2 heterocycles. The number of aromatic nitrogens is 1. The van der Waals surface area contributed by atoms with Gasteiger partial charge in [-0.15, -0.1) is 0 Å². The van der Waals surface area contributed by atoms with Crippen molar-refractivity contribution in [3.8, 4) is 0 Å². The van der Waals surface area contributed by atoms with Crippen LogP contribution < -0.4 is 4.72 Å². The summed E-state index contributed by atoms with van der Waals surface area (Å²) in [5.74, 6) is 0.329. The zero-order valence-corrected chi connectivity index (χ0v) is 13.0. The molecule has 2 aromatic rings. The first-order chi connectivity index (χ1) is 9.45. The molecule has 0 saturated heterocycles. The molecule has 1 aliphatic carbocycles. The molecule has 7 heteroatoms. The van der Waals surface area contributed by atoms with Crippen LogP contribution in [0.4, 0.5) is 0 Å². The third kappa shape index (κ3) is 2.30. The van der Waals surface area contributed by atoms with E-state index in [0.29, 0.717) is 18.0 Å². The van der Waals surface area contributed by atoms with E-state index in [1.165, 1.54) is 5.56 Å². The summed E-state index contributed by atoms with van der Waals surface area (Å²) < 4.78 is 32.4. The molecule has 1 fully saturated rings. The number of nitrogens with zero attached hydrogens (tertiary/aromatic N) is 1. The average molecular weight is 312 g/mol. The molecule has 0 bridgehead atoms. The highest BCUT2D eigenvalue weighted by molar-refractivity contribution is 7.89. The molecule has 0 radical (unpaired) electrons. The van der Waals surface area contributed by atoms with Gasteiger partial charge in [0.05, 0.1) is 0 Å². The van der Waals surface area contributed by atoms with E-state index in [1.54, 1.807) is 25.2 Å². The molecule has 0 aromatic carbocycles. The van der Waals surface area contributed by atoms with E-state index in [1.807, 2.05) is 5.38 Å². The summed E-state index contributed by atoms with van der Waals surface area (Å²) in [5.41, 5.74) is 1.60. The Kier molecular flexibility index (Phi) is 3.23. The third-order valence-electron chi connectivity index (χ3n) is 3.82. The van der Waals surface area contributed by atoms with Crippen LogP contribution >= 0.6 is 11.3 Å². The van der Waals surface area contributed by atoms with E-state index in [4.69, 9.17) is 4.52 Å². The van der Waals surface area contributed by atoms with Crippen molar-refractivity contribution in [1.29, 1.82) is 0 Å². The quantitative estimate of drug-likeness (QED) is 0.920. The molecule has 0 amide bonds. The number of sulfonamides is 1. The summed E-state index contributed by atoms with van der Waals surface area (Å²) >= 11 is 1.64. The summed E-state index contributed by atoms with van der Waals surface area (Å²) in [7, 11) is -3.57. The van der Waals surface area contributed by atoms with Gasteiger partial charge in [-0.1, -0.05) is 5.16 Å². The lowest BCUT2D eigenvalue weighted by molar-refractivity contribution is 0.390. The molecule has 3 rings (SSSR count). The van der Waals surface area contributed by atoms with Crippen molar-refractivity contribution in [3.63, 3.8) is 0 Å². The van der Waals surface area contributed by atoms with Crippen LogP contribution in [0.1, 0.15) is 29.9 Å². The Hall–Kier alpha value is -1.18. The number of rotatable bonds is 5. The highest BCUT2D eigenvalue weighted by atomic mass is 32.2. The Bertz CT molecular complexity index is 693. The Balaban J connectivity index is 1.79. The van der Waals surface area contributed by atoms with E-state index in [9.17, 15) is 8.42 Å². The van der Waals surface area contributed by atoms with Crippen molar-refractivity contribution < 1.29 is 12.9 Å². The van der Waals surface area contributed by atoms with Crippen LogP contribution in [0.5, 0.6) is 0 Å². The van der Waals surface area contributed by atoms with Crippen LogP contribution in [-0.4, -0.2) is 20.1 Å². The van der Waals surface area contributed by atoms with Gasteiger partial charge in [0.2, 0.25) is 10.0 Å². The summed E-state index contributed by atoms with van der Waals surface area (Å²) in [6, 6.07) is 2.07. The Morgan fingerprint density at radius 2 is 2.20 bits per heavy atom. The summed E-state index contributed by atoms with van der Waals surface area (Å²) in [6.45, 7) is 3.67. The molecule has 1 N–H and O–H groups in total. The second-order valence-corrected chi connectivity index (χ2v) is 7.75. The fourth-order valence-electron chi connectivity index (χ4n) is 2.45. The van der Waals surface area contributed by atoms with Gasteiger partial charge in [-0.3, -0.25) is 0 Å². The maximum Gasteiger partial charge on any atom is 0.245 e. The van der Waals surface area contributed by atoms with Gasteiger partial charge in [-0.05, 0) is 49.1 Å². The monoisotopic (exact) mass is 312 g/mol. The molecule has 0 aliphatic heterocycles. The summed E-state index contributed by atoms with van der Waals surface area (Å²) in [5, 5.41) is 7.82. The van der Waals surface area contributed by atoms with E-state index in [-0.39, 0.29) is 10.3 Å². The minimum atomic E-state index is -3.57. The number of hydrogen-bond acceptors (Lipinski definition) is 5. The Labute approximate surface area is 122 Å². The highest BCUT2D eigenvalue weighted by Crippen LogP contribution is 2.48. The van der Waals surface area contributed by atoms with Crippen LogP contribution in [0.2, 0.25) is 0 Å². The Morgan fingerprint density at radius 1 is 1.45 bits per heavy atom. The standard InChI is InChI=1S/C13H16N2O3S2/c1-9-12(10(2)18-15-9)20(16,17)14-8-13(4-5-13)11-3-6-19-7-11/h3,6-7,14H,4-5,8H2,1-2H3. The van der Waals surface area contributed by atoms with Gasteiger partial charge in [0.15, 0.2) is 5.76 Å². The largest absolute Gasteiger partial charge is 0.360 e. The van der Waals surface area contributed by atoms with Gasteiger partial charge in [-0.25, -0.2) is 13.1 Å². The van der Waals surface area contributed by atoms with Crippen LogP contribution in [0.25, 0.3) is 0 Å². The fourth-order valence-corrected chi connectivity index (χ4v) is 4.68. The van der Waals surface area contributed by atoms with Gasteiger partial charge < -0.3 is 4.52 Å². The molecule has 5 nitrogen and oxygen atoms in total. The first-order valence-corrected chi connectivity index (χ1v) is 8.82. The smallest absolute Gasteiger partial charge is 0.245 e. The van der Waals surface area contributed by atoms with Crippen molar-refractivity contribution in [1.82, 2.24) is 9.88 Å². The molecule has 1 aliphatic rings. The first-order valence-electron chi connectivity index (χ1n) is 6.40. The lowest BCUT2D eigenvalue weighted by Crippen LogP contribution is -2.32. The SMILES string of the molecule is Cc1noc(C)c1S(=O)(=O)NCC1(c2ccsc2)CC1. The average Bonchev–Trinajstić information content (AvgIpc) is 2.82. The molecule has 1 saturated carbocycles. The second kappa shape index (κ2) is 4.68. The maximum atomic E-state index is 12.4. The molecule has 20 heavy (non-hydrogen) atoms. The molecule has 0 unspecified atom stereocenters. The highest BCUT2D eigenvalue weighted by Gasteiger charge is 2.45. The molecule has 0 spiro atoms. The lowest BCUT2D eigenvalue weighted by atomic mass is 10.0. The van der Waals surface area contributed by atoms with Crippen molar-refractivity contribution in [2.45, 2.75) is 37.0 Å². The van der Waals surface area contributed by atoms with Crippen molar-refractivity contribution in [2.75, 3.05) is 6.54 Å². The lowest BCUT2D eigenvalue weighted by Gasteiger charge is -2.14. The molecule has 108 valence electrons. The van der Waals surface area contributed by atoms with E-state index in [2.05, 4.69) is 21.3 Å². The third-order valence-corrected chi connectivity index (χ3v) is 6.15. The van der Waals surface area contributed by atoms with Crippen molar-refractivity contribution in [2.24, 2.45) is 0 Å². The molecular weight excluding hydrogens is 296 g/mol. The zero-order valence-electron chi connectivity index (χ0n) is 11.3. The van der Waals surface area contributed by atoms with Crippen LogP contribution in [0.15, 0.2) is 26.2 Å². The summed E-state index contributed by atoms with van der Waals surface area (Å²) in [6.07, 6.45) is 2.04. The topological polar surface area (TPSA) is 72.2 Å². The fraction of sp³-hybridized carbons (Fsp3) is 0.462. The van der Waals surface area contributed by atoms with E-state index in [0.717, 1.165) is 12.8 Å². The van der Waals surface area contributed by atoms with Crippen LogP contribution in [0, 0.1) is 13.8 Å².